The summed E-state index contributed by atoms with van der Waals surface area (Å²) < 4.78 is 15.8. The summed E-state index contributed by atoms with van der Waals surface area (Å²) in [7, 11) is 4.75. The van der Waals surface area contributed by atoms with E-state index in [2.05, 4.69) is 0 Å². The first kappa shape index (κ1) is 14.9. The Bertz CT molecular complexity index is 662. The lowest BCUT2D eigenvalue weighted by molar-refractivity contribution is 0.112. The molecule has 0 atom stereocenters. The quantitative estimate of drug-likeness (QED) is 0.789. The van der Waals surface area contributed by atoms with Crippen LogP contribution in [0.25, 0.3) is 11.1 Å². The molecule has 0 radical (unpaired) electrons. The summed E-state index contributed by atoms with van der Waals surface area (Å²) in [6, 6.07) is 9.24. The first-order valence-corrected chi connectivity index (χ1v) is 6.50. The Kier molecular flexibility index (Phi) is 4.48. The Morgan fingerprint density at radius 1 is 0.857 bits per heavy atom. The van der Waals surface area contributed by atoms with Gasteiger partial charge in [-0.15, -0.1) is 0 Å². The van der Waals surface area contributed by atoms with Crippen LogP contribution < -0.4 is 14.2 Å². The first-order valence-electron chi connectivity index (χ1n) is 6.50. The van der Waals surface area contributed by atoms with E-state index in [1.54, 1.807) is 27.4 Å². The van der Waals surface area contributed by atoms with E-state index in [0.717, 1.165) is 28.7 Å². The van der Waals surface area contributed by atoms with Crippen LogP contribution in [0.3, 0.4) is 0 Å². The smallest absolute Gasteiger partial charge is 0.161 e. The van der Waals surface area contributed by atoms with Crippen LogP contribution >= 0.6 is 0 Å². The number of aryl methyl sites for hydroxylation is 1. The second kappa shape index (κ2) is 6.31. The maximum absolute atomic E-state index is 11.4. The molecular weight excluding hydrogens is 268 g/mol. The van der Waals surface area contributed by atoms with Gasteiger partial charge in [-0.25, -0.2) is 0 Å². The monoisotopic (exact) mass is 286 g/mol. The second-order valence-corrected chi connectivity index (χ2v) is 4.59. The predicted octanol–water partition coefficient (Wildman–Crippen LogP) is 3.50. The normalized spacial score (nSPS) is 10.1. The van der Waals surface area contributed by atoms with Crippen molar-refractivity contribution in [3.05, 3.63) is 41.5 Å². The minimum absolute atomic E-state index is 0.537. The van der Waals surface area contributed by atoms with Gasteiger partial charge in [-0.05, 0) is 47.9 Å². The Balaban J connectivity index is 2.64. The van der Waals surface area contributed by atoms with Crippen molar-refractivity contribution in [3.8, 4) is 28.4 Å². The molecule has 0 saturated carbocycles. The molecule has 21 heavy (non-hydrogen) atoms. The number of benzene rings is 2. The molecule has 110 valence electrons. The molecule has 0 aliphatic rings. The molecule has 0 saturated heterocycles. The summed E-state index contributed by atoms with van der Waals surface area (Å²) in [6.45, 7) is 1.98. The predicted molar refractivity (Wildman–Crippen MR) is 81.7 cm³/mol. The molecule has 0 heterocycles. The lowest BCUT2D eigenvalue weighted by atomic mass is 9.95. The molecule has 0 amide bonds. The van der Waals surface area contributed by atoms with Crippen molar-refractivity contribution < 1.29 is 19.0 Å². The molecule has 0 unspecified atom stereocenters. The average Bonchev–Trinajstić information content (AvgIpc) is 2.53. The van der Waals surface area contributed by atoms with Crippen molar-refractivity contribution in [1.82, 2.24) is 0 Å². The van der Waals surface area contributed by atoms with Gasteiger partial charge in [0.15, 0.2) is 17.8 Å². The van der Waals surface area contributed by atoms with Gasteiger partial charge >= 0.3 is 0 Å². The molecule has 0 aliphatic heterocycles. The van der Waals surface area contributed by atoms with Gasteiger partial charge in [-0.2, -0.15) is 0 Å². The Morgan fingerprint density at radius 3 is 2.05 bits per heavy atom. The van der Waals surface area contributed by atoms with Crippen molar-refractivity contribution >= 4 is 6.29 Å². The van der Waals surface area contributed by atoms with E-state index >= 15 is 0 Å². The fourth-order valence-corrected chi connectivity index (χ4v) is 2.29. The Hall–Kier alpha value is -2.49. The molecule has 4 heteroatoms. The number of methoxy groups -OCH3 is 3. The Morgan fingerprint density at radius 2 is 1.52 bits per heavy atom. The van der Waals surface area contributed by atoms with Crippen molar-refractivity contribution in [2.24, 2.45) is 0 Å². The van der Waals surface area contributed by atoms with Crippen LogP contribution in [0.5, 0.6) is 17.2 Å². The topological polar surface area (TPSA) is 44.8 Å². The summed E-state index contributed by atoms with van der Waals surface area (Å²) in [4.78, 5) is 11.4. The van der Waals surface area contributed by atoms with Crippen LogP contribution in [0, 0.1) is 6.92 Å². The maximum Gasteiger partial charge on any atom is 0.161 e. The van der Waals surface area contributed by atoms with Crippen LogP contribution in [0.1, 0.15) is 15.9 Å². The van der Waals surface area contributed by atoms with E-state index < -0.39 is 0 Å². The molecule has 2 aromatic carbocycles. The third-order valence-electron chi connectivity index (χ3n) is 3.41. The molecular formula is C17H18O4. The number of carbonyl (C=O) groups is 1. The zero-order valence-electron chi connectivity index (χ0n) is 12.6. The highest BCUT2D eigenvalue weighted by Crippen LogP contribution is 2.37. The minimum atomic E-state index is 0.537. The SMILES string of the molecule is COc1ccc(-c2cc(OC)c(OC)cc2C=O)c(C)c1. The van der Waals surface area contributed by atoms with E-state index in [4.69, 9.17) is 14.2 Å². The van der Waals surface area contributed by atoms with Gasteiger partial charge < -0.3 is 14.2 Å². The van der Waals surface area contributed by atoms with E-state index in [0.29, 0.717) is 17.1 Å². The molecule has 2 rings (SSSR count). The van der Waals surface area contributed by atoms with E-state index in [9.17, 15) is 4.79 Å². The number of hydrogen-bond acceptors (Lipinski definition) is 4. The maximum atomic E-state index is 11.4. The molecule has 4 nitrogen and oxygen atoms in total. The van der Waals surface area contributed by atoms with Gasteiger partial charge in [0.05, 0.1) is 21.3 Å². The molecule has 0 bridgehead atoms. The van der Waals surface area contributed by atoms with Gasteiger partial charge in [0, 0.05) is 5.56 Å². The fourth-order valence-electron chi connectivity index (χ4n) is 2.29. The van der Waals surface area contributed by atoms with Crippen LogP contribution in [-0.4, -0.2) is 27.6 Å². The van der Waals surface area contributed by atoms with Crippen molar-refractivity contribution in [1.29, 1.82) is 0 Å². The summed E-state index contributed by atoms with van der Waals surface area (Å²) in [5.41, 5.74) is 3.34. The van der Waals surface area contributed by atoms with E-state index in [1.807, 2.05) is 31.2 Å². The minimum Gasteiger partial charge on any atom is -0.497 e. The van der Waals surface area contributed by atoms with Gasteiger partial charge in [0.1, 0.15) is 5.75 Å². The van der Waals surface area contributed by atoms with Crippen LogP contribution in [0.4, 0.5) is 0 Å². The number of aldehydes is 1. The van der Waals surface area contributed by atoms with Gasteiger partial charge in [0.25, 0.3) is 0 Å². The second-order valence-electron chi connectivity index (χ2n) is 4.59. The third kappa shape index (κ3) is 2.84. The van der Waals surface area contributed by atoms with Crippen molar-refractivity contribution in [2.45, 2.75) is 6.92 Å². The highest BCUT2D eigenvalue weighted by molar-refractivity contribution is 5.90. The van der Waals surface area contributed by atoms with Crippen molar-refractivity contribution in [3.63, 3.8) is 0 Å². The molecule has 2 aromatic rings. The average molecular weight is 286 g/mol. The first-order chi connectivity index (χ1) is 10.1. The van der Waals surface area contributed by atoms with Crippen LogP contribution in [0.2, 0.25) is 0 Å². The number of hydrogen-bond donors (Lipinski definition) is 0. The summed E-state index contributed by atoms with van der Waals surface area (Å²) in [5.74, 6) is 1.91. The summed E-state index contributed by atoms with van der Waals surface area (Å²) in [6.07, 6.45) is 0.820. The summed E-state index contributed by atoms with van der Waals surface area (Å²) in [5, 5.41) is 0. The zero-order valence-corrected chi connectivity index (χ0v) is 12.6. The lowest BCUT2D eigenvalue weighted by Crippen LogP contribution is -1.96. The molecule has 0 fully saturated rings. The van der Waals surface area contributed by atoms with Gasteiger partial charge in [-0.1, -0.05) is 6.07 Å². The third-order valence-corrected chi connectivity index (χ3v) is 3.41. The van der Waals surface area contributed by atoms with Gasteiger partial charge in [-0.3, -0.25) is 4.79 Å². The van der Waals surface area contributed by atoms with Crippen molar-refractivity contribution in [2.75, 3.05) is 21.3 Å². The molecule has 0 aliphatic carbocycles. The number of carbonyl (C=O) groups excluding carboxylic acids is 1. The van der Waals surface area contributed by atoms with Crippen LogP contribution in [0.15, 0.2) is 30.3 Å². The Labute approximate surface area is 124 Å². The largest absolute Gasteiger partial charge is 0.497 e. The van der Waals surface area contributed by atoms with Crippen LogP contribution in [-0.2, 0) is 0 Å². The lowest BCUT2D eigenvalue weighted by Gasteiger charge is -2.14. The standard InChI is InChI=1S/C17H18O4/c1-11-7-13(19-2)5-6-14(11)15-9-17(21-4)16(20-3)8-12(15)10-18/h5-10H,1-4H3. The van der Waals surface area contributed by atoms with E-state index in [-0.39, 0.29) is 0 Å². The molecule has 0 N–H and O–H groups in total. The molecule has 0 aromatic heterocycles. The number of ether oxygens (including phenoxy) is 3. The zero-order chi connectivity index (χ0) is 15.4. The van der Waals surface area contributed by atoms with E-state index in [1.165, 1.54) is 0 Å². The highest BCUT2D eigenvalue weighted by Gasteiger charge is 2.14. The highest BCUT2D eigenvalue weighted by atomic mass is 16.5. The summed E-state index contributed by atoms with van der Waals surface area (Å²) >= 11 is 0. The molecule has 0 spiro atoms. The number of rotatable bonds is 5. The van der Waals surface area contributed by atoms with Gasteiger partial charge in [0.2, 0.25) is 0 Å². The fraction of sp³-hybridized carbons (Fsp3) is 0.235.